The van der Waals surface area contributed by atoms with Crippen molar-refractivity contribution in [3.8, 4) is 5.75 Å². The van der Waals surface area contributed by atoms with Crippen molar-refractivity contribution in [3.63, 3.8) is 0 Å². The minimum atomic E-state index is -3.62. The Morgan fingerprint density at radius 2 is 1.58 bits per heavy atom. The largest absolute Gasteiger partial charge is 0.496 e. The number of hydrogen-bond donors (Lipinski definition) is 0. The molecular formula is C18H24N2O5S. The molecule has 0 aliphatic carbocycles. The van der Waals surface area contributed by atoms with Gasteiger partial charge in [0.05, 0.1) is 12.0 Å². The van der Waals surface area contributed by atoms with Gasteiger partial charge in [-0.2, -0.15) is 4.31 Å². The monoisotopic (exact) mass is 380 g/mol. The van der Waals surface area contributed by atoms with Crippen LogP contribution in [0.25, 0.3) is 0 Å². The lowest BCUT2D eigenvalue weighted by Gasteiger charge is -2.35. The molecule has 2 heterocycles. The highest BCUT2D eigenvalue weighted by Crippen LogP contribution is 2.30. The zero-order chi connectivity index (χ0) is 19.1. The van der Waals surface area contributed by atoms with Gasteiger partial charge in [0, 0.05) is 32.0 Å². The van der Waals surface area contributed by atoms with Gasteiger partial charge in [-0.05, 0) is 49.9 Å². The smallest absolute Gasteiger partial charge is 0.243 e. The van der Waals surface area contributed by atoms with E-state index >= 15 is 0 Å². The normalized spacial score (nSPS) is 20.0. The van der Waals surface area contributed by atoms with Crippen LogP contribution in [0, 0.1) is 13.8 Å². The van der Waals surface area contributed by atoms with E-state index < -0.39 is 10.0 Å². The number of carbonyl (C=O) groups is 2. The predicted octanol–water partition coefficient (Wildman–Crippen LogP) is 1.61. The number of imide groups is 1. The molecule has 0 unspecified atom stereocenters. The first-order valence-corrected chi connectivity index (χ1v) is 10.2. The Hall–Kier alpha value is -1.93. The summed E-state index contributed by atoms with van der Waals surface area (Å²) < 4.78 is 32.8. The number of amides is 2. The number of aryl methyl sites for hydroxylation is 2. The molecule has 2 aliphatic rings. The Kier molecular flexibility index (Phi) is 5.07. The van der Waals surface area contributed by atoms with E-state index in [2.05, 4.69) is 0 Å². The average molecular weight is 380 g/mol. The quantitative estimate of drug-likeness (QED) is 0.741. The Morgan fingerprint density at radius 1 is 1.00 bits per heavy atom. The van der Waals surface area contributed by atoms with Crippen LogP contribution in [-0.2, 0) is 19.6 Å². The molecule has 26 heavy (non-hydrogen) atoms. The molecule has 7 nitrogen and oxygen atoms in total. The maximum atomic E-state index is 13.1. The lowest BCUT2D eigenvalue weighted by molar-refractivity contribution is -0.141. The number of likely N-dealkylation sites (tertiary alicyclic amines) is 1. The molecule has 2 saturated heterocycles. The van der Waals surface area contributed by atoms with Crippen molar-refractivity contribution in [1.82, 2.24) is 9.21 Å². The van der Waals surface area contributed by atoms with Crippen LogP contribution in [0.4, 0.5) is 0 Å². The average Bonchev–Trinajstić information content (AvgIpc) is 2.95. The number of nitrogens with zero attached hydrogens (tertiary/aromatic N) is 2. The van der Waals surface area contributed by atoms with Crippen LogP contribution in [0.5, 0.6) is 5.75 Å². The fraction of sp³-hybridized carbons (Fsp3) is 0.556. The Bertz CT molecular complexity index is 825. The Balaban J connectivity index is 1.77. The number of hydrogen-bond acceptors (Lipinski definition) is 5. The summed E-state index contributed by atoms with van der Waals surface area (Å²) in [7, 11) is -2.07. The first-order valence-electron chi connectivity index (χ1n) is 8.76. The van der Waals surface area contributed by atoms with Crippen LogP contribution in [0.3, 0.4) is 0 Å². The van der Waals surface area contributed by atoms with Crippen molar-refractivity contribution in [2.75, 3.05) is 20.2 Å². The SMILES string of the molecule is COc1cc(C)c(S(=O)(=O)N2CCC(N3C(=O)CCC3=O)CC2)cc1C. The van der Waals surface area contributed by atoms with Gasteiger partial charge in [-0.1, -0.05) is 0 Å². The minimum absolute atomic E-state index is 0.141. The van der Waals surface area contributed by atoms with E-state index in [1.807, 2.05) is 6.92 Å². The van der Waals surface area contributed by atoms with Crippen LogP contribution in [0.2, 0.25) is 0 Å². The number of sulfonamides is 1. The van der Waals surface area contributed by atoms with Crippen LogP contribution >= 0.6 is 0 Å². The van der Waals surface area contributed by atoms with Crippen molar-refractivity contribution in [2.45, 2.75) is 50.5 Å². The van der Waals surface area contributed by atoms with E-state index in [1.165, 1.54) is 9.21 Å². The van der Waals surface area contributed by atoms with Gasteiger partial charge < -0.3 is 4.74 Å². The number of rotatable bonds is 4. The zero-order valence-electron chi connectivity index (χ0n) is 15.3. The van der Waals surface area contributed by atoms with E-state index in [0.717, 1.165) is 5.56 Å². The molecule has 0 atom stereocenters. The maximum Gasteiger partial charge on any atom is 0.243 e. The van der Waals surface area contributed by atoms with Gasteiger partial charge in [-0.15, -0.1) is 0 Å². The van der Waals surface area contributed by atoms with Crippen molar-refractivity contribution in [3.05, 3.63) is 23.3 Å². The summed E-state index contributed by atoms with van der Waals surface area (Å²) >= 11 is 0. The minimum Gasteiger partial charge on any atom is -0.496 e. The van der Waals surface area contributed by atoms with E-state index in [9.17, 15) is 18.0 Å². The second-order valence-electron chi connectivity index (χ2n) is 6.88. The molecule has 0 bridgehead atoms. The third kappa shape index (κ3) is 3.23. The lowest BCUT2D eigenvalue weighted by atomic mass is 10.1. The molecule has 8 heteroatoms. The van der Waals surface area contributed by atoms with Gasteiger partial charge >= 0.3 is 0 Å². The highest BCUT2D eigenvalue weighted by atomic mass is 32.2. The van der Waals surface area contributed by atoms with Gasteiger partial charge in [0.25, 0.3) is 0 Å². The number of carbonyl (C=O) groups excluding carboxylic acids is 2. The molecule has 2 amide bonds. The molecule has 0 spiro atoms. The third-order valence-corrected chi connectivity index (χ3v) is 7.23. The van der Waals surface area contributed by atoms with Crippen LogP contribution < -0.4 is 4.74 Å². The summed E-state index contributed by atoms with van der Waals surface area (Å²) in [5, 5.41) is 0. The zero-order valence-corrected chi connectivity index (χ0v) is 16.1. The summed E-state index contributed by atoms with van der Waals surface area (Å²) in [6.07, 6.45) is 1.49. The van der Waals surface area contributed by atoms with Crippen LogP contribution in [-0.4, -0.2) is 55.7 Å². The van der Waals surface area contributed by atoms with E-state index in [1.54, 1.807) is 26.2 Å². The van der Waals surface area contributed by atoms with Gasteiger partial charge in [0.2, 0.25) is 21.8 Å². The number of ether oxygens (including phenoxy) is 1. The van der Waals surface area contributed by atoms with Crippen molar-refractivity contribution < 1.29 is 22.7 Å². The second kappa shape index (κ2) is 7.00. The molecule has 0 saturated carbocycles. The predicted molar refractivity (Wildman–Crippen MR) is 95.3 cm³/mol. The van der Waals surface area contributed by atoms with Crippen LogP contribution in [0.15, 0.2) is 17.0 Å². The fourth-order valence-electron chi connectivity index (χ4n) is 3.74. The van der Waals surface area contributed by atoms with Crippen molar-refractivity contribution in [2.24, 2.45) is 0 Å². The van der Waals surface area contributed by atoms with Crippen molar-refractivity contribution in [1.29, 1.82) is 0 Å². The molecule has 0 radical (unpaired) electrons. The summed E-state index contributed by atoms with van der Waals surface area (Å²) in [4.78, 5) is 25.4. The Labute approximate surface area is 154 Å². The first-order chi connectivity index (χ1) is 12.3. The topological polar surface area (TPSA) is 84.0 Å². The second-order valence-corrected chi connectivity index (χ2v) is 8.79. The lowest BCUT2D eigenvalue weighted by Crippen LogP contribution is -2.48. The highest BCUT2D eigenvalue weighted by molar-refractivity contribution is 7.89. The third-order valence-electron chi connectivity index (χ3n) is 5.19. The number of methoxy groups -OCH3 is 1. The molecule has 3 rings (SSSR count). The molecule has 1 aromatic rings. The highest BCUT2D eigenvalue weighted by Gasteiger charge is 2.39. The molecule has 142 valence electrons. The standard InChI is InChI=1S/C18H24N2O5S/c1-12-11-16(13(2)10-15(12)25-3)26(23,24)19-8-6-14(7-9-19)20-17(21)4-5-18(20)22/h10-11,14H,4-9H2,1-3H3. The molecule has 0 aromatic heterocycles. The summed E-state index contributed by atoms with van der Waals surface area (Å²) in [6, 6.07) is 3.18. The molecule has 1 aromatic carbocycles. The van der Waals surface area contributed by atoms with Gasteiger partial charge in [0.1, 0.15) is 5.75 Å². The van der Waals surface area contributed by atoms with Gasteiger partial charge in [0.15, 0.2) is 0 Å². The first kappa shape index (κ1) is 18.8. The summed E-state index contributed by atoms with van der Waals surface area (Å²) in [6.45, 7) is 4.17. The molecule has 0 N–H and O–H groups in total. The Morgan fingerprint density at radius 3 is 2.12 bits per heavy atom. The fourth-order valence-corrected chi connectivity index (χ4v) is 5.50. The molecule has 2 aliphatic heterocycles. The van der Waals surface area contributed by atoms with Gasteiger partial charge in [-0.25, -0.2) is 8.42 Å². The summed E-state index contributed by atoms with van der Waals surface area (Å²) in [5.41, 5.74) is 1.40. The van der Waals surface area contributed by atoms with E-state index in [0.29, 0.717) is 37.2 Å². The number of benzene rings is 1. The van der Waals surface area contributed by atoms with Crippen LogP contribution in [0.1, 0.15) is 36.8 Å². The maximum absolute atomic E-state index is 13.1. The van der Waals surface area contributed by atoms with E-state index in [-0.39, 0.29) is 35.6 Å². The molecule has 2 fully saturated rings. The molecular weight excluding hydrogens is 356 g/mol. The number of piperidine rings is 1. The van der Waals surface area contributed by atoms with Gasteiger partial charge in [-0.3, -0.25) is 14.5 Å². The summed E-state index contributed by atoms with van der Waals surface area (Å²) in [5.74, 6) is 0.377. The van der Waals surface area contributed by atoms with Crippen molar-refractivity contribution >= 4 is 21.8 Å². The van der Waals surface area contributed by atoms with E-state index in [4.69, 9.17) is 4.74 Å².